The maximum absolute atomic E-state index is 13.5. The zero-order chi connectivity index (χ0) is 18.5. The van der Waals surface area contributed by atoms with Crippen LogP contribution in [0, 0.1) is 5.82 Å². The lowest BCUT2D eigenvalue weighted by Gasteiger charge is -2.24. The number of thiazole rings is 1. The van der Waals surface area contributed by atoms with E-state index in [2.05, 4.69) is 23.7 Å². The third-order valence-corrected chi connectivity index (χ3v) is 5.41. The van der Waals surface area contributed by atoms with Crippen LogP contribution in [0.25, 0.3) is 10.2 Å². The van der Waals surface area contributed by atoms with Crippen molar-refractivity contribution in [2.45, 2.75) is 13.8 Å². The summed E-state index contributed by atoms with van der Waals surface area (Å²) in [5.74, 6) is -0.380. The zero-order valence-electron chi connectivity index (χ0n) is 15.4. The largest absolute Gasteiger partial charge is 0.302 e. The number of aromatic nitrogens is 1. The third kappa shape index (κ3) is 5.03. The van der Waals surface area contributed by atoms with Crippen molar-refractivity contribution >= 4 is 45.0 Å². The van der Waals surface area contributed by atoms with Gasteiger partial charge in [0.25, 0.3) is 5.91 Å². The number of hydrogen-bond acceptors (Lipinski definition) is 4. The number of anilines is 1. The molecule has 0 radical (unpaired) electrons. The number of amides is 1. The minimum Gasteiger partial charge on any atom is -0.302 e. The molecule has 2 aromatic carbocycles. The Morgan fingerprint density at radius 1 is 1.07 bits per heavy atom. The molecule has 0 fully saturated rings. The molecule has 27 heavy (non-hydrogen) atoms. The molecule has 0 aliphatic carbocycles. The number of likely N-dealkylation sites (N-methyl/N-ethyl adjacent to an activating group) is 1. The summed E-state index contributed by atoms with van der Waals surface area (Å²) in [6, 6.07) is 13.7. The van der Waals surface area contributed by atoms with E-state index in [-0.39, 0.29) is 24.1 Å². The molecule has 0 saturated heterocycles. The summed E-state index contributed by atoms with van der Waals surface area (Å²) in [6.45, 7) is 7.36. The summed E-state index contributed by atoms with van der Waals surface area (Å²) >= 11 is 1.34. The van der Waals surface area contributed by atoms with Gasteiger partial charge in [0.2, 0.25) is 0 Å². The Bertz CT molecular complexity index is 883. The molecule has 0 bridgehead atoms. The predicted molar refractivity (Wildman–Crippen MR) is 113 cm³/mol. The van der Waals surface area contributed by atoms with Crippen LogP contribution in [0.2, 0.25) is 0 Å². The second-order valence-electron chi connectivity index (χ2n) is 5.96. The molecule has 1 amide bonds. The minimum atomic E-state index is -0.295. The van der Waals surface area contributed by atoms with E-state index < -0.39 is 0 Å². The first kappa shape index (κ1) is 21.3. The van der Waals surface area contributed by atoms with Crippen molar-refractivity contribution in [3.05, 3.63) is 59.9 Å². The van der Waals surface area contributed by atoms with Crippen LogP contribution in [0.1, 0.15) is 24.2 Å². The van der Waals surface area contributed by atoms with Crippen LogP contribution in [0.15, 0.2) is 48.5 Å². The van der Waals surface area contributed by atoms with Crippen molar-refractivity contribution < 1.29 is 9.18 Å². The molecule has 0 aliphatic heterocycles. The number of hydrogen-bond donors (Lipinski definition) is 0. The van der Waals surface area contributed by atoms with Gasteiger partial charge in [-0.25, -0.2) is 9.37 Å². The number of carbonyl (C=O) groups is 1. The van der Waals surface area contributed by atoms with E-state index in [4.69, 9.17) is 0 Å². The molecule has 0 unspecified atom stereocenters. The van der Waals surface area contributed by atoms with Gasteiger partial charge in [-0.15, -0.1) is 12.4 Å². The Balaban J connectivity index is 0.00000261. The van der Waals surface area contributed by atoms with Crippen LogP contribution in [0.5, 0.6) is 0 Å². The van der Waals surface area contributed by atoms with Crippen molar-refractivity contribution in [1.82, 2.24) is 9.88 Å². The van der Waals surface area contributed by atoms with Gasteiger partial charge >= 0.3 is 0 Å². The zero-order valence-corrected chi connectivity index (χ0v) is 17.0. The highest BCUT2D eigenvalue weighted by atomic mass is 35.5. The van der Waals surface area contributed by atoms with E-state index in [1.807, 2.05) is 18.2 Å². The molecule has 1 aromatic heterocycles. The fourth-order valence-corrected chi connectivity index (χ4v) is 3.82. The van der Waals surface area contributed by atoms with Crippen molar-refractivity contribution in [2.75, 3.05) is 31.1 Å². The van der Waals surface area contributed by atoms with Gasteiger partial charge in [-0.3, -0.25) is 9.69 Å². The lowest BCUT2D eigenvalue weighted by atomic mass is 10.2. The van der Waals surface area contributed by atoms with Gasteiger partial charge in [-0.2, -0.15) is 0 Å². The number of fused-ring (bicyclic) bond motifs is 1. The molecule has 3 rings (SSSR count). The number of rotatable bonds is 7. The molecular weight excluding hydrogens is 385 g/mol. The predicted octanol–water partition coefficient (Wildman–Crippen LogP) is 4.85. The Morgan fingerprint density at radius 3 is 2.44 bits per heavy atom. The van der Waals surface area contributed by atoms with Crippen molar-refractivity contribution in [2.24, 2.45) is 0 Å². The molecule has 4 nitrogen and oxygen atoms in total. The molecule has 1 heterocycles. The van der Waals surface area contributed by atoms with E-state index in [9.17, 15) is 9.18 Å². The van der Waals surface area contributed by atoms with Crippen LogP contribution in [-0.4, -0.2) is 42.0 Å². The quantitative estimate of drug-likeness (QED) is 0.562. The average molecular weight is 408 g/mol. The van der Waals surface area contributed by atoms with Gasteiger partial charge in [-0.1, -0.05) is 43.4 Å². The molecule has 0 spiro atoms. The van der Waals surface area contributed by atoms with Crippen LogP contribution < -0.4 is 4.90 Å². The van der Waals surface area contributed by atoms with Crippen LogP contribution in [0.3, 0.4) is 0 Å². The van der Waals surface area contributed by atoms with Gasteiger partial charge in [0.1, 0.15) is 5.82 Å². The van der Waals surface area contributed by atoms with Gasteiger partial charge in [0.05, 0.1) is 10.2 Å². The molecule has 3 aromatic rings. The lowest BCUT2D eigenvalue weighted by molar-refractivity contribution is 0.0984. The van der Waals surface area contributed by atoms with Gasteiger partial charge in [0.15, 0.2) is 5.13 Å². The highest BCUT2D eigenvalue weighted by Gasteiger charge is 2.21. The second-order valence-corrected chi connectivity index (χ2v) is 6.97. The summed E-state index contributed by atoms with van der Waals surface area (Å²) in [5.41, 5.74) is 1.33. The number of carbonyl (C=O) groups excluding carboxylic acids is 1. The number of nitrogens with zero attached hydrogens (tertiary/aromatic N) is 3. The van der Waals surface area contributed by atoms with Crippen LogP contribution in [-0.2, 0) is 0 Å². The van der Waals surface area contributed by atoms with Crippen LogP contribution >= 0.6 is 23.7 Å². The van der Waals surface area contributed by atoms with E-state index in [1.54, 1.807) is 23.1 Å². The smallest absolute Gasteiger partial charge is 0.260 e. The summed E-state index contributed by atoms with van der Waals surface area (Å²) in [6.07, 6.45) is 0. The first-order chi connectivity index (χ1) is 12.6. The first-order valence-corrected chi connectivity index (χ1v) is 9.59. The van der Waals surface area contributed by atoms with Crippen LogP contribution in [0.4, 0.5) is 9.52 Å². The van der Waals surface area contributed by atoms with Crippen molar-refractivity contribution in [3.63, 3.8) is 0 Å². The van der Waals surface area contributed by atoms with E-state index in [0.29, 0.717) is 22.8 Å². The summed E-state index contributed by atoms with van der Waals surface area (Å²) in [7, 11) is 0. The summed E-state index contributed by atoms with van der Waals surface area (Å²) < 4.78 is 14.3. The third-order valence-electron chi connectivity index (χ3n) is 4.37. The van der Waals surface area contributed by atoms with Crippen molar-refractivity contribution in [1.29, 1.82) is 0 Å². The Labute approximate surface area is 169 Å². The van der Waals surface area contributed by atoms with E-state index >= 15 is 0 Å². The number of halogens is 2. The lowest BCUT2D eigenvalue weighted by Crippen LogP contribution is -2.38. The molecule has 0 atom stereocenters. The fourth-order valence-electron chi connectivity index (χ4n) is 2.80. The van der Waals surface area contributed by atoms with Gasteiger partial charge in [-0.05, 0) is 43.4 Å². The normalized spacial score (nSPS) is 10.8. The molecule has 7 heteroatoms. The van der Waals surface area contributed by atoms with Crippen molar-refractivity contribution in [3.8, 4) is 0 Å². The summed E-state index contributed by atoms with van der Waals surface area (Å²) in [4.78, 5) is 21.6. The molecule has 0 N–H and O–H groups in total. The maximum atomic E-state index is 13.5. The molecule has 144 valence electrons. The SMILES string of the molecule is CCN(CC)CCN(C(=O)c1ccccc1)c1nc2ccc(F)cc2s1.Cl. The van der Waals surface area contributed by atoms with E-state index in [0.717, 1.165) is 24.3 Å². The maximum Gasteiger partial charge on any atom is 0.260 e. The van der Waals surface area contributed by atoms with Gasteiger partial charge < -0.3 is 4.90 Å². The monoisotopic (exact) mass is 407 g/mol. The minimum absolute atomic E-state index is 0. The molecular formula is C20H23ClFN3OS. The molecule has 0 saturated carbocycles. The first-order valence-electron chi connectivity index (χ1n) is 8.77. The summed E-state index contributed by atoms with van der Waals surface area (Å²) in [5, 5.41) is 0.603. The highest BCUT2D eigenvalue weighted by molar-refractivity contribution is 7.22. The highest BCUT2D eigenvalue weighted by Crippen LogP contribution is 2.30. The Hall–Kier alpha value is -2.02. The Morgan fingerprint density at radius 2 is 1.78 bits per heavy atom. The fraction of sp³-hybridized carbons (Fsp3) is 0.300. The molecule has 0 aliphatic rings. The number of benzene rings is 2. The Kier molecular flexibility index (Phi) is 7.71. The van der Waals surface area contributed by atoms with Gasteiger partial charge in [0, 0.05) is 18.7 Å². The standard InChI is InChI=1S/C20H22FN3OS.ClH/c1-3-23(4-2)12-13-24(19(25)15-8-6-5-7-9-15)20-22-17-11-10-16(21)14-18(17)26-20;/h5-11,14H,3-4,12-13H2,1-2H3;1H. The average Bonchev–Trinajstić information content (AvgIpc) is 3.08. The van der Waals surface area contributed by atoms with E-state index in [1.165, 1.54) is 23.5 Å². The topological polar surface area (TPSA) is 36.4 Å². The second kappa shape index (κ2) is 9.78.